The number of anilines is 1. The lowest BCUT2D eigenvalue weighted by Gasteiger charge is -2.24. The molecule has 230 valence electrons. The predicted octanol–water partition coefficient (Wildman–Crippen LogP) is 6.41. The average molecular weight is 625 g/mol. The van der Waals surface area contributed by atoms with Gasteiger partial charge in [0.25, 0.3) is 0 Å². The van der Waals surface area contributed by atoms with Crippen LogP contribution in [0.3, 0.4) is 0 Å². The van der Waals surface area contributed by atoms with Crippen LogP contribution in [0.5, 0.6) is 11.5 Å². The molecule has 44 heavy (non-hydrogen) atoms. The molecule has 0 amide bonds. The summed E-state index contributed by atoms with van der Waals surface area (Å²) in [6.45, 7) is 5.07. The Labute approximate surface area is 257 Å². The summed E-state index contributed by atoms with van der Waals surface area (Å²) in [5.41, 5.74) is 4.38. The summed E-state index contributed by atoms with van der Waals surface area (Å²) < 4.78 is 48.0. The van der Waals surface area contributed by atoms with E-state index < -0.39 is 12.7 Å². The minimum atomic E-state index is -4.75. The number of ether oxygens (including phenoxy) is 2. The average Bonchev–Trinajstić information content (AvgIpc) is 3.67. The van der Waals surface area contributed by atoms with E-state index in [1.54, 1.807) is 25.1 Å². The zero-order valence-corrected chi connectivity index (χ0v) is 25.0. The molecule has 0 spiro atoms. The fourth-order valence-corrected chi connectivity index (χ4v) is 5.51. The van der Waals surface area contributed by atoms with Crippen LogP contribution in [0.15, 0.2) is 84.2 Å². The van der Waals surface area contributed by atoms with Crippen LogP contribution >= 0.6 is 11.8 Å². The minimum Gasteiger partial charge on any atom is -0.497 e. The van der Waals surface area contributed by atoms with Gasteiger partial charge in [-0.1, -0.05) is 49.9 Å². The molecule has 0 bridgehead atoms. The van der Waals surface area contributed by atoms with Gasteiger partial charge in [-0.15, -0.1) is 18.3 Å². The van der Waals surface area contributed by atoms with Crippen molar-refractivity contribution in [1.82, 2.24) is 20.1 Å². The van der Waals surface area contributed by atoms with E-state index in [1.165, 1.54) is 35.3 Å². The maximum atomic E-state index is 12.4. The van der Waals surface area contributed by atoms with Gasteiger partial charge in [0, 0.05) is 29.7 Å². The summed E-state index contributed by atoms with van der Waals surface area (Å²) >= 11 is 1.60. The number of halogens is 3. The molecule has 1 atom stereocenters. The van der Waals surface area contributed by atoms with E-state index in [4.69, 9.17) is 4.74 Å². The van der Waals surface area contributed by atoms with E-state index in [0.717, 1.165) is 45.6 Å². The van der Waals surface area contributed by atoms with Gasteiger partial charge < -0.3 is 24.8 Å². The third kappa shape index (κ3) is 7.71. The number of hydrogen-bond donors (Lipinski definition) is 2. The Balaban J connectivity index is 1.19. The quantitative estimate of drug-likeness (QED) is 0.196. The van der Waals surface area contributed by atoms with Crippen LogP contribution in [0.2, 0.25) is 0 Å². The third-order valence-electron chi connectivity index (χ3n) is 6.67. The van der Waals surface area contributed by atoms with Crippen LogP contribution in [0.25, 0.3) is 23.2 Å². The van der Waals surface area contributed by atoms with Crippen molar-refractivity contribution in [3.05, 3.63) is 90.4 Å². The largest absolute Gasteiger partial charge is 0.573 e. The lowest BCUT2D eigenvalue weighted by molar-refractivity contribution is -0.274. The van der Waals surface area contributed by atoms with E-state index in [2.05, 4.69) is 43.9 Å². The van der Waals surface area contributed by atoms with Gasteiger partial charge >= 0.3 is 6.36 Å². The normalized spacial score (nSPS) is 15.4. The number of aliphatic hydroxyl groups is 1. The molecular weight excluding hydrogens is 593 g/mol. The van der Waals surface area contributed by atoms with Crippen molar-refractivity contribution in [3.8, 4) is 28.6 Å². The zero-order valence-electron chi connectivity index (χ0n) is 24.2. The number of aromatic nitrogens is 3. The highest BCUT2D eigenvalue weighted by Gasteiger charge is 2.31. The molecule has 2 N–H and O–H groups in total. The van der Waals surface area contributed by atoms with Gasteiger partial charge in [0.2, 0.25) is 6.35 Å². The highest BCUT2D eigenvalue weighted by molar-refractivity contribution is 8.14. The van der Waals surface area contributed by atoms with Crippen molar-refractivity contribution in [3.63, 3.8) is 0 Å². The third-order valence-corrected chi connectivity index (χ3v) is 7.64. The van der Waals surface area contributed by atoms with Crippen molar-refractivity contribution in [1.29, 1.82) is 0 Å². The molecule has 1 unspecified atom stereocenters. The first-order chi connectivity index (χ1) is 21.1. The van der Waals surface area contributed by atoms with Crippen LogP contribution in [0.4, 0.5) is 18.9 Å². The molecule has 4 aromatic rings. The molecule has 1 aliphatic heterocycles. The summed E-state index contributed by atoms with van der Waals surface area (Å²) in [6, 6.07) is 18.8. The topological polar surface area (TPSA) is 97.0 Å². The second-order valence-corrected chi connectivity index (χ2v) is 11.1. The molecule has 5 rings (SSSR count). The second-order valence-electron chi connectivity index (χ2n) is 10.0. The SMILES string of the molecule is COc1ccc(N2CCS/C2=N\C(O)N/C=C/c2ccc(-c3ncn(-c4ccc(OC(F)(F)F)cc4)n3)cc2)c(C(C)C)c1. The molecule has 13 heteroatoms. The van der Waals surface area contributed by atoms with Crippen LogP contribution in [0.1, 0.15) is 30.9 Å². The number of aliphatic imine (C=N–C) groups is 1. The van der Waals surface area contributed by atoms with Gasteiger partial charge in [-0.2, -0.15) is 0 Å². The van der Waals surface area contributed by atoms with E-state index in [-0.39, 0.29) is 5.75 Å². The molecule has 1 aliphatic rings. The fraction of sp³-hybridized carbons (Fsp3) is 0.258. The van der Waals surface area contributed by atoms with Crippen LogP contribution < -0.4 is 19.7 Å². The second kappa shape index (κ2) is 13.4. The van der Waals surface area contributed by atoms with E-state index in [0.29, 0.717) is 17.4 Å². The molecule has 3 aromatic carbocycles. The number of amidine groups is 1. The summed E-state index contributed by atoms with van der Waals surface area (Å²) in [5, 5.41) is 18.6. The van der Waals surface area contributed by atoms with Crippen molar-refractivity contribution >= 4 is 28.7 Å². The summed E-state index contributed by atoms with van der Waals surface area (Å²) in [4.78, 5) is 10.9. The molecule has 1 aromatic heterocycles. The highest BCUT2D eigenvalue weighted by Crippen LogP contribution is 2.35. The number of alkyl halides is 3. The van der Waals surface area contributed by atoms with Crippen LogP contribution in [-0.4, -0.2) is 57.2 Å². The Morgan fingerprint density at radius 1 is 1.05 bits per heavy atom. The zero-order chi connectivity index (χ0) is 31.3. The number of aliphatic hydroxyl groups excluding tert-OH is 1. The Morgan fingerprint density at radius 2 is 1.77 bits per heavy atom. The molecule has 0 aliphatic carbocycles. The molecule has 0 radical (unpaired) electrons. The van der Waals surface area contributed by atoms with Gasteiger partial charge in [-0.05, 0) is 65.6 Å². The molecule has 2 heterocycles. The minimum absolute atomic E-state index is 0.290. The Kier molecular flexibility index (Phi) is 9.45. The predicted molar refractivity (Wildman–Crippen MR) is 166 cm³/mol. The first kappa shape index (κ1) is 31.0. The summed E-state index contributed by atoms with van der Waals surface area (Å²) in [5.74, 6) is 2.11. The van der Waals surface area contributed by atoms with Crippen LogP contribution in [-0.2, 0) is 0 Å². The van der Waals surface area contributed by atoms with Crippen molar-refractivity contribution in [2.24, 2.45) is 4.99 Å². The van der Waals surface area contributed by atoms with Gasteiger partial charge in [-0.25, -0.2) is 14.7 Å². The number of thioether (sulfide) groups is 1. The van der Waals surface area contributed by atoms with Crippen LogP contribution in [0, 0.1) is 0 Å². The number of methoxy groups -OCH3 is 1. The molecule has 1 saturated heterocycles. The lowest BCUT2D eigenvalue weighted by atomic mass is 10.00. The smallest absolute Gasteiger partial charge is 0.497 e. The lowest BCUT2D eigenvalue weighted by Crippen LogP contribution is -2.29. The molecule has 1 fully saturated rings. The molecular formula is C31H31F3N6O3S. The Morgan fingerprint density at radius 3 is 2.45 bits per heavy atom. The van der Waals surface area contributed by atoms with E-state index >= 15 is 0 Å². The van der Waals surface area contributed by atoms with E-state index in [1.807, 2.05) is 48.5 Å². The first-order valence-corrected chi connectivity index (χ1v) is 14.7. The standard InChI is InChI=1S/C31H31F3N6O3S/c1-20(2)26-18-25(42-3)12-13-27(26)39-16-17-44-30(39)37-29(41)35-15-14-21-4-6-22(7-5-21)28-36-19-40(38-28)23-8-10-24(11-9-23)43-31(32,33)34/h4-15,18-20,29,35,41H,16-17H2,1-3H3/b15-14+,37-30-. The maximum absolute atomic E-state index is 12.4. The summed E-state index contributed by atoms with van der Waals surface area (Å²) in [6.07, 6.45) is -0.946. The Bertz CT molecular complexity index is 1620. The van der Waals surface area contributed by atoms with Gasteiger partial charge in [0.05, 0.1) is 12.8 Å². The number of rotatable bonds is 10. The number of nitrogens with one attached hydrogen (secondary N) is 1. The monoisotopic (exact) mass is 624 g/mol. The Hall–Kier alpha value is -4.49. The number of benzene rings is 3. The van der Waals surface area contributed by atoms with Gasteiger partial charge in [0.1, 0.15) is 17.8 Å². The van der Waals surface area contributed by atoms with E-state index in [9.17, 15) is 18.3 Å². The van der Waals surface area contributed by atoms with Crippen molar-refractivity contribution in [2.75, 3.05) is 24.3 Å². The van der Waals surface area contributed by atoms with Gasteiger partial charge in [-0.3, -0.25) is 0 Å². The first-order valence-electron chi connectivity index (χ1n) is 13.7. The maximum Gasteiger partial charge on any atom is 0.573 e. The molecule has 9 nitrogen and oxygen atoms in total. The summed E-state index contributed by atoms with van der Waals surface area (Å²) in [7, 11) is 1.66. The highest BCUT2D eigenvalue weighted by atomic mass is 32.2. The van der Waals surface area contributed by atoms with Crippen molar-refractivity contribution < 1.29 is 27.8 Å². The number of hydrogen-bond acceptors (Lipinski definition) is 8. The van der Waals surface area contributed by atoms with Crippen molar-refractivity contribution in [2.45, 2.75) is 32.5 Å². The van der Waals surface area contributed by atoms with Gasteiger partial charge in [0.15, 0.2) is 11.0 Å². The fourth-order valence-electron chi connectivity index (χ4n) is 4.54. The number of nitrogens with zero attached hydrogens (tertiary/aromatic N) is 5. The molecule has 0 saturated carbocycles.